The van der Waals surface area contributed by atoms with Crippen molar-refractivity contribution in [1.82, 2.24) is 9.78 Å². The molecule has 2 aromatic carbocycles. The van der Waals surface area contributed by atoms with Crippen LogP contribution in [0.1, 0.15) is 31.3 Å². The molecule has 0 aliphatic carbocycles. The van der Waals surface area contributed by atoms with E-state index in [-0.39, 0.29) is 12.1 Å². The maximum Gasteiger partial charge on any atom is 0.762 e. The van der Waals surface area contributed by atoms with E-state index in [2.05, 4.69) is 41.2 Å². The predicted octanol–water partition coefficient (Wildman–Crippen LogP) is 1.42. The lowest BCUT2D eigenvalue weighted by atomic mass is 10.0. The summed E-state index contributed by atoms with van der Waals surface area (Å²) in [6.45, 7) is 0. The number of methoxy groups -OCH3 is 1. The molecule has 0 N–H and O–H groups in total. The molecule has 0 amide bonds. The zero-order chi connectivity index (χ0) is 19.2. The van der Waals surface area contributed by atoms with Crippen LogP contribution in [-0.4, -0.2) is 24.4 Å². The second-order valence-corrected chi connectivity index (χ2v) is 6.21. The summed E-state index contributed by atoms with van der Waals surface area (Å²) in [7, 11) is -1.98. The number of aromatic nitrogens is 3. The standard InChI is InChI=1S/C19H20N3O.CH4.BF3.FH/c1-23-18-10-7-16(8-11-18)22-14-21-17(9-12-19(21)20-22)13-15-5-3-2-4-6-15;;2-1(3)4;/h2-8,10-11,14,17H,9,12-13H2,1H3;1H4;;1H/q+1;;;/p-1/t17-;;;/m1.../s1. The van der Waals surface area contributed by atoms with Gasteiger partial charge in [0.05, 0.1) is 13.2 Å². The highest BCUT2D eigenvalue weighted by molar-refractivity contribution is 6.33. The summed E-state index contributed by atoms with van der Waals surface area (Å²) in [5.74, 6) is 2.03. The van der Waals surface area contributed by atoms with Gasteiger partial charge in [0.15, 0.2) is 0 Å². The van der Waals surface area contributed by atoms with Crippen molar-refractivity contribution < 1.29 is 27.0 Å². The minimum absolute atomic E-state index is 0. The molecule has 9 heteroatoms. The number of aryl methyl sites for hydroxylation is 1. The van der Waals surface area contributed by atoms with Crippen LogP contribution < -0.4 is 14.0 Å². The molecule has 0 bridgehead atoms. The SMILES string of the molecule is C.COc1ccc(-n2c[n+]3c(n2)CC[C@@H]3Cc2ccccc2)cc1.FB(F)F.[F-]. The lowest BCUT2D eigenvalue weighted by molar-refractivity contribution is -0.716. The number of rotatable bonds is 4. The lowest BCUT2D eigenvalue weighted by Gasteiger charge is -2.08. The van der Waals surface area contributed by atoms with Gasteiger partial charge in [-0.05, 0) is 36.2 Å². The average Bonchev–Trinajstić information content (AvgIpc) is 3.24. The number of benzene rings is 2. The molecule has 0 saturated carbocycles. The van der Waals surface area contributed by atoms with E-state index in [1.54, 1.807) is 7.11 Å². The van der Waals surface area contributed by atoms with E-state index in [9.17, 15) is 12.9 Å². The first-order chi connectivity index (χ1) is 13.1. The van der Waals surface area contributed by atoms with E-state index in [0.29, 0.717) is 6.04 Å². The average molecular weight is 409 g/mol. The van der Waals surface area contributed by atoms with Gasteiger partial charge in [-0.25, -0.2) is 4.57 Å². The number of halogens is 4. The minimum atomic E-state index is -3.67. The molecular weight excluding hydrogens is 385 g/mol. The van der Waals surface area contributed by atoms with E-state index < -0.39 is 7.54 Å². The first-order valence-electron chi connectivity index (χ1n) is 8.67. The van der Waals surface area contributed by atoms with Gasteiger partial charge in [0.25, 0.3) is 5.82 Å². The number of hydrogen-bond donors (Lipinski definition) is 0. The summed E-state index contributed by atoms with van der Waals surface area (Å²) in [6.07, 6.45) is 5.39. The Hall–Kier alpha value is -2.84. The van der Waals surface area contributed by atoms with E-state index in [1.165, 1.54) is 17.8 Å². The minimum Gasteiger partial charge on any atom is -1.00 e. The summed E-state index contributed by atoms with van der Waals surface area (Å²) in [6, 6.07) is 19.2. The highest BCUT2D eigenvalue weighted by Crippen LogP contribution is 2.22. The van der Waals surface area contributed by atoms with Crippen molar-refractivity contribution in [2.75, 3.05) is 7.11 Å². The smallest absolute Gasteiger partial charge is 0.762 e. The molecule has 1 aromatic heterocycles. The van der Waals surface area contributed by atoms with Crippen molar-refractivity contribution in [3.05, 3.63) is 72.3 Å². The Balaban J connectivity index is 0.000000646. The molecule has 156 valence electrons. The molecule has 1 aliphatic heterocycles. The Morgan fingerprint density at radius 1 is 1.10 bits per heavy atom. The molecule has 0 fully saturated rings. The van der Waals surface area contributed by atoms with Crippen LogP contribution in [0.15, 0.2) is 60.9 Å². The van der Waals surface area contributed by atoms with Crippen molar-refractivity contribution in [1.29, 1.82) is 0 Å². The molecule has 0 saturated heterocycles. The molecule has 29 heavy (non-hydrogen) atoms. The Morgan fingerprint density at radius 2 is 1.72 bits per heavy atom. The van der Waals surface area contributed by atoms with Gasteiger partial charge >= 0.3 is 7.54 Å². The van der Waals surface area contributed by atoms with E-state index >= 15 is 0 Å². The fourth-order valence-electron chi connectivity index (χ4n) is 3.25. The van der Waals surface area contributed by atoms with Gasteiger partial charge in [-0.15, -0.1) is 0 Å². The topological polar surface area (TPSA) is 30.9 Å². The summed E-state index contributed by atoms with van der Waals surface area (Å²) in [5.41, 5.74) is 2.45. The summed E-state index contributed by atoms with van der Waals surface area (Å²) < 4.78 is 38.5. The number of hydrogen-bond acceptors (Lipinski definition) is 2. The van der Waals surface area contributed by atoms with Gasteiger partial charge in [0.2, 0.25) is 6.33 Å². The molecule has 4 rings (SSSR count). The molecule has 0 spiro atoms. The maximum atomic E-state index is 9.67. The van der Waals surface area contributed by atoms with Crippen LogP contribution >= 0.6 is 0 Å². The van der Waals surface area contributed by atoms with Gasteiger partial charge < -0.3 is 9.44 Å². The van der Waals surface area contributed by atoms with Gasteiger partial charge in [-0.3, -0.25) is 12.9 Å². The van der Waals surface area contributed by atoms with Crippen LogP contribution in [0.2, 0.25) is 0 Å². The fourth-order valence-corrected chi connectivity index (χ4v) is 3.25. The molecule has 0 radical (unpaired) electrons. The van der Waals surface area contributed by atoms with Gasteiger partial charge in [-0.2, -0.15) is 0 Å². The quantitative estimate of drug-likeness (QED) is 0.371. The largest absolute Gasteiger partial charge is 1.00 e. The van der Waals surface area contributed by atoms with Crippen molar-refractivity contribution in [3.8, 4) is 11.4 Å². The van der Waals surface area contributed by atoms with Gasteiger partial charge in [-0.1, -0.05) is 42.4 Å². The predicted molar refractivity (Wildman–Crippen MR) is 104 cm³/mol. The zero-order valence-corrected chi connectivity index (χ0v) is 15.3. The van der Waals surface area contributed by atoms with Crippen LogP contribution in [-0.2, 0) is 12.8 Å². The fraction of sp³-hybridized carbons (Fsp3) is 0.300. The Morgan fingerprint density at radius 3 is 2.31 bits per heavy atom. The molecule has 4 nitrogen and oxygen atoms in total. The van der Waals surface area contributed by atoms with Crippen LogP contribution in [0, 0.1) is 0 Å². The monoisotopic (exact) mass is 409 g/mol. The normalized spacial score (nSPS) is 13.9. The first kappa shape index (κ1) is 24.2. The van der Waals surface area contributed by atoms with Gasteiger partial charge in [0.1, 0.15) is 11.4 Å². The first-order valence-corrected chi connectivity index (χ1v) is 8.67. The molecule has 3 aromatic rings. The molecule has 0 unspecified atom stereocenters. The summed E-state index contributed by atoms with van der Waals surface area (Å²) in [4.78, 5) is 0. The van der Waals surface area contributed by atoms with Crippen LogP contribution in [0.25, 0.3) is 5.69 Å². The van der Waals surface area contributed by atoms with Crippen molar-refractivity contribution in [3.63, 3.8) is 0 Å². The van der Waals surface area contributed by atoms with Crippen LogP contribution in [0.3, 0.4) is 0 Å². The highest BCUT2D eigenvalue weighted by Gasteiger charge is 2.31. The number of ether oxygens (including phenoxy) is 1. The second-order valence-electron chi connectivity index (χ2n) is 6.21. The summed E-state index contributed by atoms with van der Waals surface area (Å²) >= 11 is 0. The molecule has 2 heterocycles. The van der Waals surface area contributed by atoms with Crippen LogP contribution in [0.4, 0.5) is 12.9 Å². The molecule has 1 aliphatic rings. The highest BCUT2D eigenvalue weighted by atomic mass is 19.4. The Bertz CT molecular complexity index is 857. The Labute approximate surface area is 168 Å². The maximum absolute atomic E-state index is 9.67. The van der Waals surface area contributed by atoms with E-state index in [1.807, 2.05) is 28.9 Å². The van der Waals surface area contributed by atoms with Gasteiger partial charge in [0, 0.05) is 17.9 Å². The van der Waals surface area contributed by atoms with E-state index in [0.717, 1.165) is 24.3 Å². The van der Waals surface area contributed by atoms with E-state index in [4.69, 9.17) is 9.84 Å². The molecule has 1 atom stereocenters. The third-order valence-corrected chi connectivity index (χ3v) is 4.50. The second kappa shape index (κ2) is 11.2. The van der Waals surface area contributed by atoms with Crippen molar-refractivity contribution in [2.24, 2.45) is 0 Å². The Kier molecular flexibility index (Phi) is 9.38. The third-order valence-electron chi connectivity index (χ3n) is 4.50. The van der Waals surface area contributed by atoms with Crippen molar-refractivity contribution in [2.45, 2.75) is 32.7 Å². The third kappa shape index (κ3) is 6.34. The zero-order valence-electron chi connectivity index (χ0n) is 15.3. The summed E-state index contributed by atoms with van der Waals surface area (Å²) in [5, 5.41) is 4.75. The lowest BCUT2D eigenvalue weighted by Crippen LogP contribution is -3.00. The number of nitrogens with zero attached hydrogens (tertiary/aromatic N) is 3. The number of fused-ring (bicyclic) bond motifs is 1. The van der Waals surface area contributed by atoms with Crippen LogP contribution in [0.5, 0.6) is 5.75 Å². The van der Waals surface area contributed by atoms with Crippen molar-refractivity contribution >= 4 is 7.54 Å². The molecular formula is C20H24BF4N3O.